The first-order valence-electron chi connectivity index (χ1n) is 21.8. The molecule has 4 unspecified atom stereocenters. The van der Waals surface area contributed by atoms with Crippen molar-refractivity contribution in [3.63, 3.8) is 0 Å². The third-order valence-corrected chi connectivity index (χ3v) is 12.8. The first-order chi connectivity index (χ1) is 30.2. The number of hydrogen-bond donors (Lipinski definition) is 3. The monoisotopic (exact) mass is 847 g/mol. The Morgan fingerprint density at radius 1 is 0.774 bits per heavy atom. The van der Waals surface area contributed by atoms with Gasteiger partial charge in [0.2, 0.25) is 5.91 Å². The highest BCUT2D eigenvalue weighted by atomic mass is 19.1. The van der Waals surface area contributed by atoms with E-state index in [1.54, 1.807) is 34.1 Å². The maximum atomic E-state index is 15.9. The van der Waals surface area contributed by atoms with Gasteiger partial charge in [0.1, 0.15) is 41.1 Å². The lowest BCUT2D eigenvalue weighted by atomic mass is 9.93. The van der Waals surface area contributed by atoms with Crippen LogP contribution in [0.4, 0.5) is 19.3 Å². The zero-order valence-corrected chi connectivity index (χ0v) is 35.5. The lowest BCUT2D eigenvalue weighted by Crippen LogP contribution is -2.43. The van der Waals surface area contributed by atoms with Gasteiger partial charge in [0, 0.05) is 49.6 Å². The number of nitrogens with one attached hydrogen (secondary N) is 3. The minimum Gasteiger partial charge on any atom is -0.453 e. The van der Waals surface area contributed by atoms with E-state index in [0.29, 0.717) is 68.1 Å². The number of imidazole rings is 2. The molecule has 4 atom stereocenters. The number of nitrogens with zero attached hydrogens (tertiary/aromatic N) is 6. The third-order valence-electron chi connectivity index (χ3n) is 12.8. The zero-order valence-electron chi connectivity index (χ0n) is 35.5. The standard InChI is InChI=1S/C47H55F2N9O4/c1-4-55(5-2)41(32-16-10-7-11-17-32)46(60)58-23-13-19-39(58)44-50-28-36(52-44)30-20-24-56(25-21-30)42-34(48)26-33(27-35(42)49)37-29-51-43(53-37)38-18-12-22-57(38)45(59)40(54-47(61)62-3)31-14-8-6-9-15-31/h6-11,14-17,26-30,38-41H,4-5,12-13,18-25H2,1-3H3,(H,50,52)(H,51,53)(H,54,61). The number of ether oxygens (including phenoxy) is 1. The van der Waals surface area contributed by atoms with Crippen molar-refractivity contribution in [2.24, 2.45) is 0 Å². The molecule has 5 heterocycles. The molecule has 15 heteroatoms. The Hall–Kier alpha value is -6.09. The summed E-state index contributed by atoms with van der Waals surface area (Å²) in [5.74, 6) is -0.147. The first-order valence-corrected chi connectivity index (χ1v) is 21.8. The van der Waals surface area contributed by atoms with E-state index in [0.717, 1.165) is 49.4 Å². The average molecular weight is 848 g/mol. The summed E-state index contributed by atoms with van der Waals surface area (Å²) < 4.78 is 36.7. The third kappa shape index (κ3) is 8.67. The Kier molecular flexibility index (Phi) is 13.0. The predicted octanol–water partition coefficient (Wildman–Crippen LogP) is 7.97. The van der Waals surface area contributed by atoms with Crippen LogP contribution in [0.5, 0.6) is 0 Å². The number of methoxy groups -OCH3 is 1. The number of H-pyrrole nitrogens is 2. The number of aromatic amines is 2. The predicted molar refractivity (Wildman–Crippen MR) is 231 cm³/mol. The molecule has 0 radical (unpaired) electrons. The van der Waals surface area contributed by atoms with Crippen LogP contribution in [0.1, 0.15) is 111 Å². The normalized spacial score (nSPS) is 19.2. The topological polar surface area (TPSA) is 143 Å². The summed E-state index contributed by atoms with van der Waals surface area (Å²) in [7, 11) is 1.24. The van der Waals surface area contributed by atoms with Crippen LogP contribution in [-0.4, -0.2) is 98.9 Å². The number of benzene rings is 3. The number of alkyl carbamates (subject to hydrolysis) is 1. The molecule has 13 nitrogen and oxygen atoms in total. The maximum absolute atomic E-state index is 15.9. The van der Waals surface area contributed by atoms with Crippen LogP contribution in [0.25, 0.3) is 11.3 Å². The van der Waals surface area contributed by atoms with Gasteiger partial charge in [0.15, 0.2) is 0 Å². The fourth-order valence-electron chi connectivity index (χ4n) is 9.61. The number of amides is 3. The fourth-order valence-corrected chi connectivity index (χ4v) is 9.61. The van der Waals surface area contributed by atoms with Gasteiger partial charge in [-0.1, -0.05) is 74.5 Å². The van der Waals surface area contributed by atoms with Crippen LogP contribution in [0.2, 0.25) is 0 Å². The number of carbonyl (C=O) groups excluding carboxylic acids is 3. The molecule has 8 rings (SSSR count). The Morgan fingerprint density at radius 2 is 1.34 bits per heavy atom. The van der Waals surface area contributed by atoms with Crippen LogP contribution in [0, 0.1) is 11.6 Å². The summed E-state index contributed by atoms with van der Waals surface area (Å²) in [4.78, 5) is 64.2. The Bertz CT molecular complexity index is 2300. The zero-order chi connectivity index (χ0) is 43.3. The second kappa shape index (κ2) is 18.9. The molecule has 3 amide bonds. The van der Waals surface area contributed by atoms with Crippen LogP contribution in [0.3, 0.4) is 0 Å². The van der Waals surface area contributed by atoms with Gasteiger partial charge >= 0.3 is 6.09 Å². The molecule has 3 saturated heterocycles. The SMILES string of the molecule is CCN(CC)C(C(=O)N1CCCC1c1ncc(C2CCN(c3c(F)cc(-c4cnc(C5CCCN5C(=O)C(NC(=O)OC)c5ccccc5)[nH]4)cc3F)CC2)[nH]1)c1ccccc1. The Labute approximate surface area is 360 Å². The molecule has 3 aliphatic heterocycles. The van der Waals surface area contributed by atoms with Gasteiger partial charge in [-0.05, 0) is 74.9 Å². The molecular formula is C47H55F2N9O4. The van der Waals surface area contributed by atoms with Gasteiger partial charge in [-0.15, -0.1) is 0 Å². The molecule has 2 aromatic heterocycles. The molecule has 0 aliphatic carbocycles. The van der Waals surface area contributed by atoms with Gasteiger partial charge in [-0.3, -0.25) is 14.5 Å². The molecule has 5 aromatic rings. The van der Waals surface area contributed by atoms with Crippen molar-refractivity contribution in [3.05, 3.63) is 125 Å². The number of aromatic nitrogens is 4. The van der Waals surface area contributed by atoms with Gasteiger partial charge < -0.3 is 34.7 Å². The van der Waals surface area contributed by atoms with Crippen molar-refractivity contribution in [2.45, 2.75) is 82.5 Å². The van der Waals surface area contributed by atoms with E-state index in [9.17, 15) is 14.4 Å². The van der Waals surface area contributed by atoms with Crippen molar-refractivity contribution in [1.82, 2.24) is 40.0 Å². The van der Waals surface area contributed by atoms with Gasteiger partial charge in [0.25, 0.3) is 5.91 Å². The number of halogens is 2. The van der Waals surface area contributed by atoms with Gasteiger partial charge in [0.05, 0.1) is 31.1 Å². The lowest BCUT2D eigenvalue weighted by Gasteiger charge is -2.34. The Balaban J connectivity index is 0.917. The molecule has 0 spiro atoms. The smallest absolute Gasteiger partial charge is 0.407 e. The minimum atomic E-state index is -0.965. The van der Waals surface area contributed by atoms with Crippen molar-refractivity contribution in [3.8, 4) is 11.3 Å². The van der Waals surface area contributed by atoms with E-state index in [1.807, 2.05) is 47.5 Å². The highest BCUT2D eigenvalue weighted by Crippen LogP contribution is 2.39. The van der Waals surface area contributed by atoms with Crippen LogP contribution in [-0.2, 0) is 14.3 Å². The number of anilines is 1. The summed E-state index contributed by atoms with van der Waals surface area (Å²) in [5, 5.41) is 2.66. The van der Waals surface area contributed by atoms with Gasteiger partial charge in [-0.25, -0.2) is 23.5 Å². The first kappa shape index (κ1) is 42.6. The van der Waals surface area contributed by atoms with E-state index in [-0.39, 0.29) is 35.5 Å². The van der Waals surface area contributed by atoms with E-state index in [1.165, 1.54) is 25.4 Å². The average Bonchev–Trinajstić information content (AvgIpc) is 4.15. The summed E-state index contributed by atoms with van der Waals surface area (Å²) >= 11 is 0. The van der Waals surface area contributed by atoms with E-state index >= 15 is 8.78 Å². The van der Waals surface area contributed by atoms with E-state index in [4.69, 9.17) is 9.72 Å². The maximum Gasteiger partial charge on any atom is 0.407 e. The van der Waals surface area contributed by atoms with Crippen molar-refractivity contribution in [2.75, 3.05) is 51.3 Å². The highest BCUT2D eigenvalue weighted by molar-refractivity contribution is 5.87. The second-order valence-corrected chi connectivity index (χ2v) is 16.3. The van der Waals surface area contributed by atoms with Gasteiger partial charge in [-0.2, -0.15) is 0 Å². The molecular weight excluding hydrogens is 793 g/mol. The molecule has 0 bridgehead atoms. The number of likely N-dealkylation sites (N-methyl/N-ethyl adjacent to an activating group) is 1. The van der Waals surface area contributed by atoms with Crippen LogP contribution < -0.4 is 10.2 Å². The molecule has 3 N–H and O–H groups in total. The largest absolute Gasteiger partial charge is 0.453 e. The minimum absolute atomic E-state index is 0.0591. The van der Waals surface area contributed by atoms with Crippen molar-refractivity contribution >= 4 is 23.6 Å². The number of carbonyl (C=O) groups is 3. The molecule has 3 aromatic carbocycles. The quantitative estimate of drug-likeness (QED) is 0.108. The van der Waals surface area contributed by atoms with Crippen molar-refractivity contribution in [1.29, 1.82) is 0 Å². The van der Waals surface area contributed by atoms with Crippen LogP contribution >= 0.6 is 0 Å². The Morgan fingerprint density at radius 3 is 1.94 bits per heavy atom. The highest BCUT2D eigenvalue weighted by Gasteiger charge is 2.39. The lowest BCUT2D eigenvalue weighted by molar-refractivity contribution is -0.138. The second-order valence-electron chi connectivity index (χ2n) is 16.3. The van der Waals surface area contributed by atoms with E-state index in [2.05, 4.69) is 39.0 Å². The number of rotatable bonds is 13. The number of piperidine rings is 1. The molecule has 0 saturated carbocycles. The van der Waals surface area contributed by atoms with E-state index < -0.39 is 29.8 Å². The molecule has 3 aliphatic rings. The molecule has 3 fully saturated rings. The number of hydrogen-bond acceptors (Lipinski definition) is 8. The summed E-state index contributed by atoms with van der Waals surface area (Å²) in [6, 6.07) is 19.7. The molecule has 326 valence electrons. The number of likely N-dealkylation sites (tertiary alicyclic amines) is 2. The fraction of sp³-hybridized carbons (Fsp3) is 0.426. The van der Waals surface area contributed by atoms with Crippen LogP contribution in [0.15, 0.2) is 85.2 Å². The van der Waals surface area contributed by atoms with Crippen molar-refractivity contribution < 1.29 is 27.9 Å². The summed E-state index contributed by atoms with van der Waals surface area (Å²) in [5.41, 5.74) is 3.25. The summed E-state index contributed by atoms with van der Waals surface area (Å²) in [6.07, 6.45) is 7.09. The molecule has 62 heavy (non-hydrogen) atoms. The summed E-state index contributed by atoms with van der Waals surface area (Å²) in [6.45, 7) is 7.72.